The van der Waals surface area contributed by atoms with Crippen LogP contribution in [0.2, 0.25) is 0 Å². The maximum absolute atomic E-state index is 13.5. The molecule has 2 rings (SSSR count). The molecule has 0 aliphatic carbocycles. The Hall–Kier alpha value is -1.66. The smallest absolute Gasteiger partial charge is 0.254 e. The molecule has 5 nitrogen and oxygen atoms in total. The van der Waals surface area contributed by atoms with E-state index in [9.17, 15) is 14.3 Å². The lowest BCUT2D eigenvalue weighted by molar-refractivity contribution is 0.0539. The number of benzene rings is 1. The van der Waals surface area contributed by atoms with Crippen molar-refractivity contribution in [2.45, 2.75) is 18.9 Å². The lowest BCUT2D eigenvalue weighted by atomic mass is 10.0. The molecule has 1 saturated heterocycles. The van der Waals surface area contributed by atoms with Crippen molar-refractivity contribution in [1.82, 2.24) is 9.80 Å². The van der Waals surface area contributed by atoms with Crippen LogP contribution in [0, 0.1) is 5.82 Å². The summed E-state index contributed by atoms with van der Waals surface area (Å²) in [5, 5.41) is 9.22. The normalized spacial score (nSPS) is 16.9. The third-order valence-electron chi connectivity index (χ3n) is 3.98. The molecule has 0 atom stereocenters. The summed E-state index contributed by atoms with van der Waals surface area (Å²) in [6, 6.07) is 4.17. The molecule has 0 saturated carbocycles. The summed E-state index contributed by atoms with van der Waals surface area (Å²) in [6.45, 7) is 1.99. The highest BCUT2D eigenvalue weighted by molar-refractivity contribution is 5.94. The first kappa shape index (κ1) is 15.7. The Kier molecular flexibility index (Phi) is 5.14. The van der Waals surface area contributed by atoms with E-state index in [1.807, 2.05) is 7.05 Å². The number of likely N-dealkylation sites (tertiary alicyclic amines) is 1. The van der Waals surface area contributed by atoms with Crippen molar-refractivity contribution in [3.05, 3.63) is 29.6 Å². The summed E-state index contributed by atoms with van der Waals surface area (Å²) in [7, 11) is 2.05. The highest BCUT2D eigenvalue weighted by Gasteiger charge is 2.27. The second kappa shape index (κ2) is 6.87. The Morgan fingerprint density at radius 2 is 2.14 bits per heavy atom. The molecule has 1 aliphatic heterocycles. The number of aliphatic hydroxyl groups excluding tert-OH is 1. The van der Waals surface area contributed by atoms with Gasteiger partial charge < -0.3 is 20.6 Å². The van der Waals surface area contributed by atoms with E-state index in [2.05, 4.69) is 4.90 Å². The van der Waals surface area contributed by atoms with Crippen molar-refractivity contribution in [2.24, 2.45) is 0 Å². The van der Waals surface area contributed by atoms with Gasteiger partial charge >= 0.3 is 0 Å². The number of amides is 1. The van der Waals surface area contributed by atoms with Crippen LogP contribution in [0.1, 0.15) is 23.2 Å². The summed E-state index contributed by atoms with van der Waals surface area (Å²) in [6.07, 6.45) is 1.72. The van der Waals surface area contributed by atoms with E-state index in [4.69, 9.17) is 5.73 Å². The van der Waals surface area contributed by atoms with Crippen LogP contribution in [0.4, 0.5) is 10.1 Å². The van der Waals surface area contributed by atoms with Crippen LogP contribution in [0.15, 0.2) is 18.2 Å². The van der Waals surface area contributed by atoms with E-state index >= 15 is 0 Å². The van der Waals surface area contributed by atoms with Crippen LogP contribution in [0.5, 0.6) is 0 Å². The molecule has 21 heavy (non-hydrogen) atoms. The molecular weight excluding hydrogens is 273 g/mol. The number of rotatable bonds is 4. The molecule has 1 aromatic rings. The molecule has 6 heteroatoms. The number of hydrogen-bond acceptors (Lipinski definition) is 4. The number of carbonyl (C=O) groups is 1. The Bertz CT molecular complexity index is 502. The van der Waals surface area contributed by atoms with Gasteiger partial charge in [0.25, 0.3) is 5.91 Å². The number of nitrogens with zero attached hydrogens (tertiary/aromatic N) is 2. The number of aliphatic hydroxyl groups is 1. The predicted octanol–water partition coefficient (Wildman–Crippen LogP) is 0.937. The number of carbonyl (C=O) groups excluding carboxylic acids is 1. The topological polar surface area (TPSA) is 69.8 Å². The quantitative estimate of drug-likeness (QED) is 0.811. The average molecular weight is 295 g/mol. The summed E-state index contributed by atoms with van der Waals surface area (Å²) < 4.78 is 13.5. The number of nitrogen functional groups attached to an aromatic ring is 1. The standard InChI is InChI=1S/C15H22FN3O2/c1-18-6-4-12(5-7-18)19(8-9-20)15(21)11-2-3-14(17)13(16)10-11/h2-3,10,12,20H,4-9,17H2,1H3. The third kappa shape index (κ3) is 3.71. The molecule has 0 aromatic heterocycles. The van der Waals surface area contributed by atoms with Gasteiger partial charge in [-0.1, -0.05) is 0 Å². The van der Waals surface area contributed by atoms with Crippen LogP contribution < -0.4 is 5.73 Å². The third-order valence-corrected chi connectivity index (χ3v) is 3.98. The van der Waals surface area contributed by atoms with Gasteiger partial charge in [-0.05, 0) is 51.2 Å². The van der Waals surface area contributed by atoms with Crippen molar-refractivity contribution < 1.29 is 14.3 Å². The van der Waals surface area contributed by atoms with Gasteiger partial charge in [0.1, 0.15) is 5.82 Å². The summed E-state index contributed by atoms with van der Waals surface area (Å²) in [5.74, 6) is -0.842. The first-order valence-corrected chi connectivity index (χ1v) is 7.18. The number of hydrogen-bond donors (Lipinski definition) is 2. The Morgan fingerprint density at radius 3 is 2.71 bits per heavy atom. The highest BCUT2D eigenvalue weighted by atomic mass is 19.1. The molecule has 0 bridgehead atoms. The van der Waals surface area contributed by atoms with Gasteiger partial charge in [-0.2, -0.15) is 0 Å². The molecule has 0 spiro atoms. The Morgan fingerprint density at radius 1 is 1.48 bits per heavy atom. The molecule has 0 unspecified atom stereocenters. The van der Waals surface area contributed by atoms with Crippen LogP contribution in [-0.2, 0) is 0 Å². The molecular formula is C15H22FN3O2. The second-order valence-corrected chi connectivity index (χ2v) is 5.49. The van der Waals surface area contributed by atoms with E-state index in [-0.39, 0.29) is 36.4 Å². The van der Waals surface area contributed by atoms with Crippen LogP contribution in [0.25, 0.3) is 0 Å². The number of anilines is 1. The van der Waals surface area contributed by atoms with Crippen LogP contribution >= 0.6 is 0 Å². The van der Waals surface area contributed by atoms with Gasteiger partial charge in [0.2, 0.25) is 0 Å². The molecule has 1 amide bonds. The van der Waals surface area contributed by atoms with Crippen LogP contribution in [-0.4, -0.2) is 60.1 Å². The molecule has 116 valence electrons. The van der Waals surface area contributed by atoms with Gasteiger partial charge in [-0.15, -0.1) is 0 Å². The largest absolute Gasteiger partial charge is 0.396 e. The average Bonchev–Trinajstić information content (AvgIpc) is 2.48. The minimum absolute atomic E-state index is 0.0274. The van der Waals surface area contributed by atoms with Gasteiger partial charge in [0.15, 0.2) is 0 Å². The zero-order chi connectivity index (χ0) is 15.4. The van der Waals surface area contributed by atoms with E-state index in [0.29, 0.717) is 0 Å². The fraction of sp³-hybridized carbons (Fsp3) is 0.533. The molecule has 1 aliphatic rings. The zero-order valence-electron chi connectivity index (χ0n) is 12.3. The zero-order valence-corrected chi connectivity index (χ0v) is 12.3. The molecule has 1 heterocycles. The summed E-state index contributed by atoms with van der Waals surface area (Å²) >= 11 is 0. The van der Waals surface area contributed by atoms with Crippen molar-refractivity contribution in [3.63, 3.8) is 0 Å². The van der Waals surface area contributed by atoms with Gasteiger partial charge in [0, 0.05) is 18.2 Å². The van der Waals surface area contributed by atoms with Gasteiger partial charge in [0.05, 0.1) is 12.3 Å². The van der Waals surface area contributed by atoms with Gasteiger partial charge in [-0.3, -0.25) is 4.79 Å². The fourth-order valence-electron chi connectivity index (χ4n) is 2.69. The van der Waals surface area contributed by atoms with E-state index in [1.54, 1.807) is 4.90 Å². The minimum atomic E-state index is -0.590. The van der Waals surface area contributed by atoms with Gasteiger partial charge in [-0.25, -0.2) is 4.39 Å². The van der Waals surface area contributed by atoms with Crippen LogP contribution in [0.3, 0.4) is 0 Å². The first-order valence-electron chi connectivity index (χ1n) is 7.18. The van der Waals surface area contributed by atoms with E-state index in [0.717, 1.165) is 32.0 Å². The van der Waals surface area contributed by atoms with Crippen molar-refractivity contribution in [3.8, 4) is 0 Å². The van der Waals surface area contributed by atoms with E-state index in [1.165, 1.54) is 12.1 Å². The minimum Gasteiger partial charge on any atom is -0.396 e. The maximum Gasteiger partial charge on any atom is 0.254 e. The lowest BCUT2D eigenvalue weighted by Gasteiger charge is -2.37. The molecule has 1 fully saturated rings. The first-order chi connectivity index (χ1) is 10.0. The van der Waals surface area contributed by atoms with Crippen molar-refractivity contribution in [1.29, 1.82) is 0 Å². The number of halogens is 1. The Labute approximate surface area is 124 Å². The monoisotopic (exact) mass is 295 g/mol. The van der Waals surface area contributed by atoms with Crippen molar-refractivity contribution >= 4 is 11.6 Å². The maximum atomic E-state index is 13.5. The second-order valence-electron chi connectivity index (χ2n) is 5.49. The van der Waals surface area contributed by atoms with Crippen molar-refractivity contribution in [2.75, 3.05) is 39.0 Å². The number of nitrogens with two attached hydrogens (primary N) is 1. The summed E-state index contributed by atoms with van der Waals surface area (Å²) in [4.78, 5) is 16.4. The SMILES string of the molecule is CN1CCC(N(CCO)C(=O)c2ccc(N)c(F)c2)CC1. The lowest BCUT2D eigenvalue weighted by Crippen LogP contribution is -2.47. The number of piperidine rings is 1. The highest BCUT2D eigenvalue weighted by Crippen LogP contribution is 2.20. The fourth-order valence-corrected chi connectivity index (χ4v) is 2.69. The molecule has 0 radical (unpaired) electrons. The van der Waals surface area contributed by atoms with E-state index < -0.39 is 5.82 Å². The Balaban J connectivity index is 2.16. The predicted molar refractivity (Wildman–Crippen MR) is 79.5 cm³/mol. The molecule has 1 aromatic carbocycles. The summed E-state index contributed by atoms with van der Waals surface area (Å²) in [5.41, 5.74) is 5.74. The molecule has 3 N–H and O–H groups in total.